The molecule has 0 saturated carbocycles. The van der Waals surface area contributed by atoms with Gasteiger partial charge in [-0.1, -0.05) is 20.8 Å². The Hall–Kier alpha value is -0.910. The average Bonchev–Trinajstić information content (AvgIpc) is 2.85. The summed E-state index contributed by atoms with van der Waals surface area (Å²) in [6, 6.07) is 2.14. The van der Waals surface area contributed by atoms with Crippen LogP contribution in [-0.4, -0.2) is 28.2 Å². The molecule has 2 rings (SSSR count). The van der Waals surface area contributed by atoms with Gasteiger partial charge in [-0.05, 0) is 42.3 Å². The highest BCUT2D eigenvalue weighted by atomic mass is 35.5. The second-order valence-electron chi connectivity index (χ2n) is 5.97. The fourth-order valence-corrected chi connectivity index (χ4v) is 3.41. The summed E-state index contributed by atoms with van der Waals surface area (Å²) in [5.74, 6) is 0.804. The molecule has 116 valence electrons. The van der Waals surface area contributed by atoms with Crippen molar-refractivity contribution in [3.05, 3.63) is 16.2 Å². The molecule has 0 spiro atoms. The SMILES string of the molecule is CCc1cc2c(NCC(C)(C)CCCO)nc(Cl)nc2s1. The number of aromatic nitrogens is 2. The summed E-state index contributed by atoms with van der Waals surface area (Å²) >= 11 is 7.69. The third-order valence-corrected chi connectivity index (χ3v) is 4.85. The molecule has 0 fully saturated rings. The number of nitrogens with one attached hydrogen (secondary N) is 1. The van der Waals surface area contributed by atoms with Gasteiger partial charge >= 0.3 is 0 Å². The maximum absolute atomic E-state index is 8.97. The number of thiophene rings is 1. The first kappa shape index (κ1) is 16.5. The number of aryl methyl sites for hydroxylation is 1. The van der Waals surface area contributed by atoms with Gasteiger partial charge in [-0.3, -0.25) is 0 Å². The minimum absolute atomic E-state index is 0.0933. The molecule has 0 aliphatic rings. The van der Waals surface area contributed by atoms with Crippen LogP contribution in [0.25, 0.3) is 10.2 Å². The van der Waals surface area contributed by atoms with Crippen molar-refractivity contribution in [1.29, 1.82) is 0 Å². The van der Waals surface area contributed by atoms with E-state index in [1.807, 2.05) is 0 Å². The van der Waals surface area contributed by atoms with Crippen LogP contribution in [0.3, 0.4) is 0 Å². The lowest BCUT2D eigenvalue weighted by atomic mass is 9.88. The van der Waals surface area contributed by atoms with Crippen molar-refractivity contribution >= 4 is 39.0 Å². The highest BCUT2D eigenvalue weighted by Crippen LogP contribution is 2.31. The van der Waals surface area contributed by atoms with Gasteiger partial charge in [0.25, 0.3) is 0 Å². The van der Waals surface area contributed by atoms with Gasteiger partial charge in [-0.25, -0.2) is 9.97 Å². The molecular formula is C15H22ClN3OS. The third kappa shape index (κ3) is 4.28. The van der Waals surface area contributed by atoms with E-state index in [4.69, 9.17) is 16.7 Å². The number of aliphatic hydroxyl groups excluding tert-OH is 1. The molecule has 0 amide bonds. The Morgan fingerprint density at radius 1 is 1.38 bits per heavy atom. The largest absolute Gasteiger partial charge is 0.396 e. The van der Waals surface area contributed by atoms with E-state index < -0.39 is 0 Å². The molecule has 0 atom stereocenters. The Morgan fingerprint density at radius 2 is 2.14 bits per heavy atom. The monoisotopic (exact) mass is 327 g/mol. The number of halogens is 1. The maximum atomic E-state index is 8.97. The summed E-state index contributed by atoms with van der Waals surface area (Å²) in [5.41, 5.74) is 0.0933. The molecule has 21 heavy (non-hydrogen) atoms. The van der Waals surface area contributed by atoms with Gasteiger partial charge in [-0.2, -0.15) is 0 Å². The van der Waals surface area contributed by atoms with Crippen LogP contribution in [-0.2, 0) is 6.42 Å². The van der Waals surface area contributed by atoms with E-state index in [0.717, 1.165) is 41.8 Å². The standard InChI is InChI=1S/C15H22ClN3OS/c1-4-10-8-11-12(18-14(16)19-13(11)21-10)17-9-15(2,3)6-5-7-20/h8,20H,4-7,9H2,1-3H3,(H,17,18,19). The van der Waals surface area contributed by atoms with Crippen molar-refractivity contribution in [3.63, 3.8) is 0 Å². The number of rotatable bonds is 7. The molecule has 2 heterocycles. The fourth-order valence-electron chi connectivity index (χ4n) is 2.22. The van der Waals surface area contributed by atoms with E-state index in [1.54, 1.807) is 11.3 Å². The molecule has 0 aliphatic carbocycles. The van der Waals surface area contributed by atoms with Crippen LogP contribution in [0.15, 0.2) is 6.07 Å². The molecule has 2 N–H and O–H groups in total. The summed E-state index contributed by atoms with van der Waals surface area (Å²) in [5, 5.41) is 13.7. The molecule has 4 nitrogen and oxygen atoms in total. The number of aliphatic hydroxyl groups is 1. The van der Waals surface area contributed by atoms with E-state index in [0.29, 0.717) is 0 Å². The first-order valence-corrected chi connectivity index (χ1v) is 8.45. The Bertz CT molecular complexity index is 612. The Balaban J connectivity index is 2.19. The molecular weight excluding hydrogens is 306 g/mol. The van der Waals surface area contributed by atoms with Gasteiger partial charge in [0.15, 0.2) is 0 Å². The van der Waals surface area contributed by atoms with Gasteiger partial charge in [0.1, 0.15) is 10.6 Å². The molecule has 0 unspecified atom stereocenters. The predicted octanol–water partition coefficient (Wildman–Crippen LogP) is 4.12. The normalized spacial score (nSPS) is 12.0. The van der Waals surface area contributed by atoms with Crippen LogP contribution in [0.5, 0.6) is 0 Å². The first-order valence-electron chi connectivity index (χ1n) is 7.26. The van der Waals surface area contributed by atoms with E-state index in [1.165, 1.54) is 4.88 Å². The number of hydrogen-bond acceptors (Lipinski definition) is 5. The molecule has 0 bridgehead atoms. The number of anilines is 1. The molecule has 2 aromatic heterocycles. The van der Waals surface area contributed by atoms with Gasteiger partial charge in [-0.15, -0.1) is 11.3 Å². The van der Waals surface area contributed by atoms with Crippen molar-refractivity contribution in [2.24, 2.45) is 5.41 Å². The van der Waals surface area contributed by atoms with Crippen molar-refractivity contribution in [1.82, 2.24) is 9.97 Å². The summed E-state index contributed by atoms with van der Waals surface area (Å²) in [6.07, 6.45) is 2.76. The van der Waals surface area contributed by atoms with E-state index in [9.17, 15) is 0 Å². The maximum Gasteiger partial charge on any atom is 0.225 e. The Morgan fingerprint density at radius 3 is 2.81 bits per heavy atom. The second-order valence-corrected chi connectivity index (χ2v) is 7.42. The van der Waals surface area contributed by atoms with Gasteiger partial charge in [0, 0.05) is 18.0 Å². The van der Waals surface area contributed by atoms with Crippen LogP contribution < -0.4 is 5.32 Å². The highest BCUT2D eigenvalue weighted by Gasteiger charge is 2.18. The highest BCUT2D eigenvalue weighted by molar-refractivity contribution is 7.18. The van der Waals surface area contributed by atoms with Gasteiger partial charge in [0.2, 0.25) is 5.28 Å². The van der Waals surface area contributed by atoms with E-state index in [-0.39, 0.29) is 17.3 Å². The quantitative estimate of drug-likeness (QED) is 0.751. The average molecular weight is 328 g/mol. The van der Waals surface area contributed by atoms with Crippen LogP contribution in [0.4, 0.5) is 5.82 Å². The third-order valence-electron chi connectivity index (χ3n) is 3.51. The summed E-state index contributed by atoms with van der Waals surface area (Å²) < 4.78 is 0. The van der Waals surface area contributed by atoms with E-state index >= 15 is 0 Å². The number of nitrogens with zero attached hydrogens (tertiary/aromatic N) is 2. The van der Waals surface area contributed by atoms with Gasteiger partial charge < -0.3 is 10.4 Å². The van der Waals surface area contributed by atoms with Crippen molar-refractivity contribution in [2.45, 2.75) is 40.0 Å². The summed E-state index contributed by atoms with van der Waals surface area (Å²) in [4.78, 5) is 10.8. The first-order chi connectivity index (χ1) is 9.95. The minimum atomic E-state index is 0.0933. The van der Waals surface area contributed by atoms with Crippen molar-refractivity contribution < 1.29 is 5.11 Å². The molecule has 0 radical (unpaired) electrons. The fraction of sp³-hybridized carbons (Fsp3) is 0.600. The van der Waals surface area contributed by atoms with Crippen LogP contribution in [0.2, 0.25) is 5.28 Å². The Labute approximate surface area is 134 Å². The second kappa shape index (κ2) is 6.90. The van der Waals surface area contributed by atoms with E-state index in [2.05, 4.69) is 42.1 Å². The number of hydrogen-bond donors (Lipinski definition) is 2. The zero-order chi connectivity index (χ0) is 15.5. The van der Waals surface area contributed by atoms with Crippen LogP contribution in [0.1, 0.15) is 38.5 Å². The summed E-state index contributed by atoms with van der Waals surface area (Å²) in [6.45, 7) is 7.51. The predicted molar refractivity (Wildman–Crippen MR) is 90.4 cm³/mol. The minimum Gasteiger partial charge on any atom is -0.396 e. The lowest BCUT2D eigenvalue weighted by Gasteiger charge is -2.25. The lowest BCUT2D eigenvalue weighted by molar-refractivity contribution is 0.248. The number of fused-ring (bicyclic) bond motifs is 1. The van der Waals surface area contributed by atoms with Crippen molar-refractivity contribution in [2.75, 3.05) is 18.5 Å². The molecule has 0 saturated heterocycles. The molecule has 0 aliphatic heterocycles. The molecule has 2 aromatic rings. The lowest BCUT2D eigenvalue weighted by Crippen LogP contribution is -2.24. The topological polar surface area (TPSA) is 58.0 Å². The molecule has 6 heteroatoms. The summed E-state index contributed by atoms with van der Waals surface area (Å²) in [7, 11) is 0. The van der Waals surface area contributed by atoms with Crippen molar-refractivity contribution in [3.8, 4) is 0 Å². The Kier molecular flexibility index (Phi) is 5.41. The smallest absolute Gasteiger partial charge is 0.225 e. The zero-order valence-electron chi connectivity index (χ0n) is 12.7. The molecule has 0 aromatic carbocycles. The van der Waals surface area contributed by atoms with Crippen LogP contribution >= 0.6 is 22.9 Å². The zero-order valence-corrected chi connectivity index (χ0v) is 14.3. The van der Waals surface area contributed by atoms with Gasteiger partial charge in [0.05, 0.1) is 5.39 Å². The van der Waals surface area contributed by atoms with Crippen LogP contribution in [0, 0.1) is 5.41 Å².